The third-order valence-electron chi connectivity index (χ3n) is 8.86. The highest BCUT2D eigenvalue weighted by molar-refractivity contribution is 6.00. The molecule has 0 saturated heterocycles. The molecule has 0 radical (unpaired) electrons. The van der Waals surface area contributed by atoms with Crippen molar-refractivity contribution in [2.24, 2.45) is 13.0 Å². The number of carbonyl (C=O) groups is 1. The number of rotatable bonds is 7. The molecule has 15 heteroatoms. The summed E-state index contributed by atoms with van der Waals surface area (Å²) >= 11 is 0. The molecule has 1 aliphatic carbocycles. The Hall–Kier alpha value is -5.49. The third-order valence-corrected chi connectivity index (χ3v) is 8.86. The van der Waals surface area contributed by atoms with E-state index in [4.69, 9.17) is 15.5 Å². The lowest BCUT2D eigenvalue weighted by atomic mass is 9.93. The number of nitrogens with zero attached hydrogens (tertiary/aromatic N) is 5. The lowest BCUT2D eigenvalue weighted by Crippen LogP contribution is -2.34. The number of carbonyl (C=O) groups excluding carboxylic acids is 1. The minimum absolute atomic E-state index is 0.0379. The molecule has 10 nitrogen and oxygen atoms in total. The molecule has 1 fully saturated rings. The zero-order chi connectivity index (χ0) is 36.4. The summed E-state index contributed by atoms with van der Waals surface area (Å²) in [5, 5.41) is 21.9. The second kappa shape index (κ2) is 12.4. The van der Waals surface area contributed by atoms with Gasteiger partial charge in [0.25, 0.3) is 0 Å². The number of ether oxygens (including phenoxy) is 1. The molecular formula is C36H32F5N7O3. The van der Waals surface area contributed by atoms with Crippen molar-refractivity contribution < 1.29 is 36.6 Å². The quantitative estimate of drug-likeness (QED) is 0.152. The van der Waals surface area contributed by atoms with Crippen molar-refractivity contribution in [2.75, 3.05) is 12.3 Å². The van der Waals surface area contributed by atoms with E-state index >= 15 is 0 Å². The van der Waals surface area contributed by atoms with Gasteiger partial charge < -0.3 is 20.9 Å². The monoisotopic (exact) mass is 705 g/mol. The lowest BCUT2D eigenvalue weighted by molar-refractivity contribution is -0.143. The molecule has 4 heterocycles. The number of pyridine rings is 1. The Bertz CT molecular complexity index is 2240. The molecule has 3 aromatic heterocycles. The Labute approximate surface area is 288 Å². The maximum atomic E-state index is 14.5. The van der Waals surface area contributed by atoms with E-state index in [0.29, 0.717) is 34.5 Å². The van der Waals surface area contributed by atoms with Crippen LogP contribution < -0.4 is 15.8 Å². The summed E-state index contributed by atoms with van der Waals surface area (Å²) in [6, 6.07) is 10.5. The van der Waals surface area contributed by atoms with Gasteiger partial charge in [0.15, 0.2) is 11.6 Å². The summed E-state index contributed by atoms with van der Waals surface area (Å²) in [4.78, 5) is 18.7. The molecule has 51 heavy (non-hydrogen) atoms. The number of aliphatic hydroxyl groups is 1. The van der Waals surface area contributed by atoms with Crippen molar-refractivity contribution in [2.45, 2.75) is 57.0 Å². The number of aryl methyl sites for hydroxylation is 1. The normalized spacial score (nSPS) is 17.2. The van der Waals surface area contributed by atoms with Crippen LogP contribution in [0.3, 0.4) is 0 Å². The second-order valence-corrected chi connectivity index (χ2v) is 13.4. The maximum absolute atomic E-state index is 14.5. The van der Waals surface area contributed by atoms with Crippen LogP contribution in [0.1, 0.15) is 60.6 Å². The number of aromatic nitrogens is 5. The van der Waals surface area contributed by atoms with Gasteiger partial charge in [0.2, 0.25) is 11.6 Å². The first kappa shape index (κ1) is 34.0. The molecule has 0 bridgehead atoms. The van der Waals surface area contributed by atoms with Crippen molar-refractivity contribution in [3.63, 3.8) is 0 Å². The SMILES string of the molecule is Cn1nc(N)c2cccc(-c3ccc(C#CC(C)(C)O)nc3[C@H](Cc3cc(F)cc(F)c3)NC(=O)Cn3nc(C(F)(F)F)c4c3C3CC3CO4)c21. The summed E-state index contributed by atoms with van der Waals surface area (Å²) in [7, 11) is 1.71. The van der Waals surface area contributed by atoms with Crippen LogP contribution in [0.5, 0.6) is 5.75 Å². The standard InChI is InChI=1S/C36H32F5N7O3/c1-35(2,50)10-9-22-7-8-23(24-5-4-6-25-30(24)47(3)46-34(25)42)29(43-22)27(13-18-11-20(37)15-21(38)12-18)44-28(49)16-48-31-26-14-19(26)17-51-32(31)33(45-48)36(39,40)41/h4-8,11-12,15,19,26-27,50H,13-14,16-17H2,1-3H3,(H2,42,46)(H,44,49)/t19?,26?,27-/m0/s1. The summed E-state index contributed by atoms with van der Waals surface area (Å²) in [5.74, 6) is 2.84. The first-order valence-electron chi connectivity index (χ1n) is 16.1. The average Bonchev–Trinajstić information content (AvgIpc) is 3.65. The molecule has 264 valence electrons. The number of hydrogen-bond donors (Lipinski definition) is 3. The van der Waals surface area contributed by atoms with Gasteiger partial charge in [-0.15, -0.1) is 0 Å². The molecule has 2 aliphatic rings. The van der Waals surface area contributed by atoms with Crippen molar-refractivity contribution in [3.05, 3.63) is 88.5 Å². The van der Waals surface area contributed by atoms with Gasteiger partial charge in [-0.05, 0) is 68.5 Å². The number of nitrogens with one attached hydrogen (secondary N) is 1. The zero-order valence-corrected chi connectivity index (χ0v) is 27.6. The molecule has 0 spiro atoms. The van der Waals surface area contributed by atoms with E-state index < -0.39 is 47.6 Å². The summed E-state index contributed by atoms with van der Waals surface area (Å²) in [6.45, 7) is 2.54. The van der Waals surface area contributed by atoms with E-state index in [9.17, 15) is 31.9 Å². The highest BCUT2D eigenvalue weighted by atomic mass is 19.4. The molecule has 5 aromatic rings. The van der Waals surface area contributed by atoms with Gasteiger partial charge in [-0.2, -0.15) is 23.4 Å². The Kier molecular flexibility index (Phi) is 8.25. The third kappa shape index (κ3) is 6.83. The van der Waals surface area contributed by atoms with Crippen LogP contribution in [0.15, 0.2) is 48.5 Å². The van der Waals surface area contributed by atoms with E-state index in [0.717, 1.165) is 16.8 Å². The minimum atomic E-state index is -4.81. The summed E-state index contributed by atoms with van der Waals surface area (Å²) in [5.41, 5.74) is 6.17. The number of anilines is 1. The number of benzene rings is 2. The number of fused-ring (bicyclic) bond motifs is 4. The van der Waals surface area contributed by atoms with Gasteiger partial charge in [-0.1, -0.05) is 18.1 Å². The average molecular weight is 706 g/mol. The van der Waals surface area contributed by atoms with Crippen LogP contribution in [0, 0.1) is 29.4 Å². The number of alkyl halides is 3. The van der Waals surface area contributed by atoms with Crippen molar-refractivity contribution in [1.29, 1.82) is 0 Å². The Morgan fingerprint density at radius 1 is 1.12 bits per heavy atom. The molecule has 1 aliphatic heterocycles. The minimum Gasteiger partial charge on any atom is -0.489 e. The van der Waals surface area contributed by atoms with Crippen molar-refractivity contribution >= 4 is 22.6 Å². The topological polar surface area (TPSA) is 133 Å². The molecule has 4 N–H and O–H groups in total. The van der Waals surface area contributed by atoms with Gasteiger partial charge >= 0.3 is 6.18 Å². The second-order valence-electron chi connectivity index (χ2n) is 13.4. The van der Waals surface area contributed by atoms with E-state index in [1.54, 1.807) is 42.1 Å². The number of amides is 1. The number of halogens is 5. The van der Waals surface area contributed by atoms with E-state index in [1.807, 2.05) is 0 Å². The van der Waals surface area contributed by atoms with Crippen LogP contribution in [0.2, 0.25) is 0 Å². The van der Waals surface area contributed by atoms with Gasteiger partial charge in [-0.3, -0.25) is 14.2 Å². The van der Waals surface area contributed by atoms with Crippen LogP contribution in [-0.4, -0.2) is 47.8 Å². The number of nitrogen functional groups attached to an aromatic ring is 1. The Balaban J connectivity index is 1.35. The maximum Gasteiger partial charge on any atom is 0.438 e. The van der Waals surface area contributed by atoms with Crippen molar-refractivity contribution in [1.82, 2.24) is 29.9 Å². The molecule has 2 unspecified atom stereocenters. The Morgan fingerprint density at radius 2 is 1.86 bits per heavy atom. The number of nitrogens with two attached hydrogens (primary N) is 1. The van der Waals surface area contributed by atoms with Gasteiger partial charge in [0.1, 0.15) is 29.5 Å². The number of hydrogen-bond acceptors (Lipinski definition) is 7. The predicted molar refractivity (Wildman–Crippen MR) is 176 cm³/mol. The van der Waals surface area contributed by atoms with Gasteiger partial charge in [0.05, 0.1) is 29.6 Å². The lowest BCUT2D eigenvalue weighted by Gasteiger charge is -2.23. The van der Waals surface area contributed by atoms with E-state index in [1.165, 1.54) is 13.8 Å². The molecular weight excluding hydrogens is 673 g/mol. The largest absolute Gasteiger partial charge is 0.489 e. The van der Waals surface area contributed by atoms with Crippen LogP contribution in [-0.2, 0) is 31.0 Å². The summed E-state index contributed by atoms with van der Waals surface area (Å²) < 4.78 is 78.9. The molecule has 7 rings (SSSR count). The fourth-order valence-electron chi connectivity index (χ4n) is 6.62. The van der Waals surface area contributed by atoms with Gasteiger partial charge in [0, 0.05) is 41.5 Å². The zero-order valence-electron chi connectivity index (χ0n) is 27.6. The predicted octanol–water partition coefficient (Wildman–Crippen LogP) is 5.43. The first-order valence-corrected chi connectivity index (χ1v) is 16.1. The summed E-state index contributed by atoms with van der Waals surface area (Å²) in [6.07, 6.45) is -4.37. The highest BCUT2D eigenvalue weighted by Gasteiger charge is 2.51. The van der Waals surface area contributed by atoms with Crippen LogP contribution in [0.4, 0.5) is 27.8 Å². The fraction of sp³-hybridized carbons (Fsp3) is 0.333. The van der Waals surface area contributed by atoms with E-state index in [2.05, 4.69) is 27.4 Å². The highest BCUT2D eigenvalue weighted by Crippen LogP contribution is 2.56. The van der Waals surface area contributed by atoms with Crippen LogP contribution >= 0.6 is 0 Å². The molecule has 2 aromatic carbocycles. The Morgan fingerprint density at radius 3 is 2.57 bits per heavy atom. The van der Waals surface area contributed by atoms with Crippen LogP contribution in [0.25, 0.3) is 22.0 Å². The molecule has 1 saturated carbocycles. The molecule has 3 atom stereocenters. The smallest absolute Gasteiger partial charge is 0.438 e. The van der Waals surface area contributed by atoms with Gasteiger partial charge in [-0.25, -0.2) is 13.8 Å². The number of para-hydroxylation sites is 1. The first-order chi connectivity index (χ1) is 24.1. The molecule has 1 amide bonds. The fourth-order valence-corrected chi connectivity index (χ4v) is 6.62. The van der Waals surface area contributed by atoms with E-state index in [-0.39, 0.29) is 59.1 Å². The van der Waals surface area contributed by atoms with Crippen molar-refractivity contribution in [3.8, 4) is 28.7 Å².